The van der Waals surface area contributed by atoms with Crippen molar-refractivity contribution in [1.82, 2.24) is 9.62 Å². The molecule has 0 radical (unpaired) electrons. The third kappa shape index (κ3) is 9.77. The number of sulfonamides is 1. The van der Waals surface area contributed by atoms with E-state index in [1.165, 1.54) is 6.92 Å². The first-order chi connectivity index (χ1) is 18.9. The van der Waals surface area contributed by atoms with Gasteiger partial charge in [0.25, 0.3) is 9.05 Å². The van der Waals surface area contributed by atoms with Gasteiger partial charge in [-0.3, -0.25) is 9.59 Å². The molecule has 10 nitrogen and oxygen atoms in total. The highest BCUT2D eigenvalue weighted by atomic mass is 35.7. The zero-order valence-electron chi connectivity index (χ0n) is 22.2. The Morgan fingerprint density at radius 3 is 1.62 bits per heavy atom. The lowest BCUT2D eigenvalue weighted by molar-refractivity contribution is -0.121. The molecule has 2 aliphatic rings. The number of nitrogens with two attached hydrogens (primary N) is 2. The standard InChI is InChI=1S/C12H14F2N2O3S.C6H4ClFO2S.C6H11FN2O.ClH/c1-7-10(14)6-11(12(15)17)16(7)20(18,19)9-4-2-8(13)3-5-9;7-11(9,10)6-3-1-5(8)2-4-6;1-3-4(7)2-5(9-3)6(8)10;/h2-5,7,10-11H,6H2,1H3,(H2,15,17);1-4H;3-5,9H,2H2,1H3,(H2,8,10);1H/t7-,10+,11-;;3-,4+,5-;/m0.0./s1. The minimum Gasteiger partial charge on any atom is -0.368 e. The summed E-state index contributed by atoms with van der Waals surface area (Å²) in [5.41, 5.74) is 10.1. The number of hydrogen-bond donors (Lipinski definition) is 3. The Balaban J connectivity index is 0.000000341. The van der Waals surface area contributed by atoms with Gasteiger partial charge < -0.3 is 16.8 Å². The Morgan fingerprint density at radius 2 is 1.29 bits per heavy atom. The molecule has 6 atom stereocenters. The van der Waals surface area contributed by atoms with Gasteiger partial charge in [0.15, 0.2) is 0 Å². The molecule has 2 aromatic rings. The van der Waals surface area contributed by atoms with Crippen LogP contribution >= 0.6 is 23.1 Å². The number of halogens is 6. The summed E-state index contributed by atoms with van der Waals surface area (Å²) in [7, 11) is -2.86. The zero-order valence-corrected chi connectivity index (χ0v) is 25.4. The molecule has 2 heterocycles. The summed E-state index contributed by atoms with van der Waals surface area (Å²) in [5.74, 6) is -2.45. The van der Waals surface area contributed by atoms with Crippen LogP contribution in [0.3, 0.4) is 0 Å². The molecule has 0 saturated carbocycles. The number of hydrogen-bond acceptors (Lipinski definition) is 7. The van der Waals surface area contributed by atoms with E-state index in [-0.39, 0.29) is 41.1 Å². The molecule has 18 heteroatoms. The second-order valence-electron chi connectivity index (χ2n) is 9.25. The molecule has 2 fully saturated rings. The first-order valence-electron chi connectivity index (χ1n) is 12.0. The fourth-order valence-corrected chi connectivity index (χ4v) is 6.62. The number of benzene rings is 2. The van der Waals surface area contributed by atoms with E-state index < -0.39 is 73.0 Å². The quantitative estimate of drug-likeness (QED) is 0.322. The van der Waals surface area contributed by atoms with Gasteiger partial charge in [0.2, 0.25) is 21.8 Å². The molecule has 42 heavy (non-hydrogen) atoms. The Kier molecular flexibility index (Phi) is 13.7. The van der Waals surface area contributed by atoms with Crippen LogP contribution in [0.1, 0.15) is 26.7 Å². The van der Waals surface area contributed by atoms with Crippen LogP contribution in [0.25, 0.3) is 0 Å². The largest absolute Gasteiger partial charge is 0.368 e. The second-order valence-corrected chi connectivity index (χ2v) is 13.7. The molecule has 2 aliphatic heterocycles. The fourth-order valence-electron chi connectivity index (χ4n) is 4.03. The first kappa shape index (κ1) is 37.5. The van der Waals surface area contributed by atoms with Gasteiger partial charge in [0, 0.05) is 29.6 Å². The Labute approximate surface area is 251 Å². The van der Waals surface area contributed by atoms with Crippen molar-refractivity contribution in [3.05, 3.63) is 60.2 Å². The van der Waals surface area contributed by atoms with Gasteiger partial charge >= 0.3 is 0 Å². The minimum atomic E-state index is -4.11. The Morgan fingerprint density at radius 1 is 0.833 bits per heavy atom. The summed E-state index contributed by atoms with van der Waals surface area (Å²) in [6, 6.07) is 5.47. The number of carbonyl (C=O) groups is 2. The first-order valence-corrected chi connectivity index (χ1v) is 15.7. The van der Waals surface area contributed by atoms with E-state index >= 15 is 0 Å². The van der Waals surface area contributed by atoms with Crippen LogP contribution in [0.15, 0.2) is 58.3 Å². The number of nitrogens with zero attached hydrogens (tertiary/aromatic N) is 1. The Bertz CT molecular complexity index is 1430. The average Bonchev–Trinajstić information content (AvgIpc) is 3.38. The third-order valence-electron chi connectivity index (χ3n) is 6.30. The third-order valence-corrected chi connectivity index (χ3v) is 9.68. The van der Waals surface area contributed by atoms with E-state index in [1.54, 1.807) is 6.92 Å². The maximum Gasteiger partial charge on any atom is 0.261 e. The van der Waals surface area contributed by atoms with Gasteiger partial charge in [-0.05, 0) is 62.4 Å². The SMILES string of the molecule is C[C@@H]1N[C@H](C(N)=O)C[C@H]1F.C[C@H]1[C@H](F)C[C@@H](C(N)=O)N1S(=O)(=O)c1ccc(F)cc1.Cl.O=S(=O)(Cl)c1ccc(F)cc1. The number of alkyl halides is 2. The van der Waals surface area contributed by atoms with E-state index in [0.717, 1.165) is 52.8 Å². The van der Waals surface area contributed by atoms with Gasteiger partial charge in [-0.2, -0.15) is 4.31 Å². The van der Waals surface area contributed by atoms with E-state index in [2.05, 4.69) is 5.32 Å². The molecule has 0 spiro atoms. The van der Waals surface area contributed by atoms with Crippen LogP contribution in [0.5, 0.6) is 0 Å². The fraction of sp³-hybridized carbons (Fsp3) is 0.417. The smallest absolute Gasteiger partial charge is 0.261 e. The topological polar surface area (TPSA) is 170 Å². The minimum absolute atomic E-state index is 0. The van der Waals surface area contributed by atoms with Gasteiger partial charge in [-0.1, -0.05) is 0 Å². The molecule has 0 aliphatic carbocycles. The van der Waals surface area contributed by atoms with Gasteiger partial charge in [-0.25, -0.2) is 34.4 Å². The van der Waals surface area contributed by atoms with Gasteiger partial charge in [0.1, 0.15) is 30.0 Å². The molecule has 2 amide bonds. The van der Waals surface area contributed by atoms with Crippen molar-refractivity contribution >= 4 is 54.0 Å². The van der Waals surface area contributed by atoms with Crippen molar-refractivity contribution in [3.8, 4) is 0 Å². The molecule has 0 aromatic heterocycles. The maximum atomic E-state index is 13.7. The van der Waals surface area contributed by atoms with Crippen LogP contribution in [0, 0.1) is 11.6 Å². The predicted molar refractivity (Wildman–Crippen MR) is 149 cm³/mol. The molecule has 236 valence electrons. The van der Waals surface area contributed by atoms with Crippen molar-refractivity contribution in [2.45, 2.75) is 73.0 Å². The van der Waals surface area contributed by atoms with Gasteiger partial charge in [-0.15, -0.1) is 12.4 Å². The average molecular weight is 682 g/mol. The summed E-state index contributed by atoms with van der Waals surface area (Å²) >= 11 is 0. The molecule has 2 aromatic carbocycles. The molecule has 2 saturated heterocycles. The molecule has 0 unspecified atom stereocenters. The lowest BCUT2D eigenvalue weighted by Gasteiger charge is -2.25. The van der Waals surface area contributed by atoms with E-state index in [4.69, 9.17) is 22.1 Å². The highest BCUT2D eigenvalue weighted by Gasteiger charge is 2.48. The van der Waals surface area contributed by atoms with Crippen LogP contribution in [-0.4, -0.2) is 69.5 Å². The van der Waals surface area contributed by atoms with E-state index in [1.807, 2.05) is 0 Å². The lowest BCUT2D eigenvalue weighted by atomic mass is 10.2. The monoisotopic (exact) mass is 680 g/mol. The normalized spacial score (nSPS) is 25.7. The van der Waals surface area contributed by atoms with Crippen molar-refractivity contribution in [1.29, 1.82) is 0 Å². The number of primary amides is 2. The highest BCUT2D eigenvalue weighted by Crippen LogP contribution is 2.32. The summed E-state index contributed by atoms with van der Waals surface area (Å²) in [6.45, 7) is 3.07. The number of rotatable bonds is 5. The van der Waals surface area contributed by atoms with Crippen LogP contribution in [0.2, 0.25) is 0 Å². The van der Waals surface area contributed by atoms with E-state index in [0.29, 0.717) is 0 Å². The Hall–Kier alpha value is -2.50. The van der Waals surface area contributed by atoms with Crippen molar-refractivity contribution in [2.75, 3.05) is 0 Å². The number of amides is 2. The van der Waals surface area contributed by atoms with Crippen molar-refractivity contribution in [3.63, 3.8) is 0 Å². The maximum absolute atomic E-state index is 13.7. The zero-order chi connectivity index (χ0) is 31.3. The van der Waals surface area contributed by atoms with Gasteiger partial charge in [0.05, 0.1) is 21.9 Å². The van der Waals surface area contributed by atoms with Crippen LogP contribution in [-0.2, 0) is 28.7 Å². The molecule has 4 rings (SSSR count). The summed E-state index contributed by atoms with van der Waals surface area (Å²) in [5, 5.41) is 2.75. The lowest BCUT2D eigenvalue weighted by Crippen LogP contribution is -2.46. The molecular formula is C24H30Cl2F4N4O6S2. The molecule has 0 bridgehead atoms. The highest BCUT2D eigenvalue weighted by molar-refractivity contribution is 8.13. The van der Waals surface area contributed by atoms with Crippen molar-refractivity contribution < 1.29 is 44.0 Å². The second kappa shape index (κ2) is 15.3. The summed E-state index contributed by atoms with van der Waals surface area (Å²) < 4.78 is 98.3. The van der Waals surface area contributed by atoms with Crippen LogP contribution in [0.4, 0.5) is 17.6 Å². The summed E-state index contributed by atoms with van der Waals surface area (Å²) in [4.78, 5) is 21.5. The predicted octanol–water partition coefficient (Wildman–Crippen LogP) is 2.54. The number of nitrogens with one attached hydrogen (secondary N) is 1. The summed E-state index contributed by atoms with van der Waals surface area (Å²) in [6.07, 6.45) is -2.45. The van der Waals surface area contributed by atoms with Crippen molar-refractivity contribution in [2.24, 2.45) is 11.5 Å². The number of carbonyl (C=O) groups excluding carboxylic acids is 2. The van der Waals surface area contributed by atoms with Crippen LogP contribution < -0.4 is 16.8 Å². The molecule has 5 N–H and O–H groups in total. The molecular weight excluding hydrogens is 651 g/mol. The van der Waals surface area contributed by atoms with E-state index in [9.17, 15) is 44.0 Å².